The van der Waals surface area contributed by atoms with Crippen LogP contribution in [0.4, 0.5) is 0 Å². The summed E-state index contributed by atoms with van der Waals surface area (Å²) in [6.07, 6.45) is 2.40. The summed E-state index contributed by atoms with van der Waals surface area (Å²) < 4.78 is 0. The van der Waals surface area contributed by atoms with Crippen molar-refractivity contribution < 1.29 is 0 Å². The summed E-state index contributed by atoms with van der Waals surface area (Å²) in [6.45, 7) is 3.80. The van der Waals surface area contributed by atoms with Crippen molar-refractivity contribution in [2.24, 2.45) is 4.99 Å². The zero-order valence-corrected chi connectivity index (χ0v) is 15.4. The van der Waals surface area contributed by atoms with Gasteiger partial charge in [-0.3, -0.25) is 4.99 Å². The Bertz CT molecular complexity index is 470. The van der Waals surface area contributed by atoms with E-state index in [1.807, 2.05) is 31.1 Å². The molecule has 1 aliphatic carbocycles. The first-order valence-corrected chi connectivity index (χ1v) is 7.17. The summed E-state index contributed by atoms with van der Waals surface area (Å²) in [5.74, 6) is 0.954. The maximum atomic E-state index is 6.09. The molecule has 0 heterocycles. The quantitative estimate of drug-likeness (QED) is 0.470. The first kappa shape index (κ1) is 17.6. The number of guanidine groups is 1. The third-order valence-electron chi connectivity index (χ3n) is 3.58. The minimum atomic E-state index is 0. The van der Waals surface area contributed by atoms with Gasteiger partial charge in [-0.1, -0.05) is 23.7 Å². The Morgan fingerprint density at radius 2 is 2.10 bits per heavy atom. The lowest BCUT2D eigenvalue weighted by Crippen LogP contribution is -2.37. The van der Waals surface area contributed by atoms with Crippen LogP contribution in [0, 0.1) is 0 Å². The zero-order chi connectivity index (χ0) is 13.9. The fourth-order valence-electron chi connectivity index (χ4n) is 2.25. The second-order valence-electron chi connectivity index (χ2n) is 5.36. The molecular formula is C15H23ClIN3. The molecule has 112 valence electrons. The van der Waals surface area contributed by atoms with Crippen molar-refractivity contribution in [1.82, 2.24) is 10.2 Å². The maximum absolute atomic E-state index is 6.09. The second-order valence-corrected chi connectivity index (χ2v) is 5.79. The third-order valence-corrected chi connectivity index (χ3v) is 3.82. The first-order chi connectivity index (χ1) is 9.07. The SMILES string of the molecule is CCNC(=NCC1(c2cccc(Cl)c2)CC1)N(C)C.I. The second kappa shape index (κ2) is 7.50. The summed E-state index contributed by atoms with van der Waals surface area (Å²) in [7, 11) is 4.03. The number of nitrogens with one attached hydrogen (secondary N) is 1. The van der Waals surface area contributed by atoms with Gasteiger partial charge < -0.3 is 10.2 Å². The predicted molar refractivity (Wildman–Crippen MR) is 97.4 cm³/mol. The Morgan fingerprint density at radius 1 is 1.40 bits per heavy atom. The molecule has 0 atom stereocenters. The minimum absolute atomic E-state index is 0. The molecule has 5 heteroatoms. The summed E-state index contributed by atoms with van der Waals surface area (Å²) in [5.41, 5.74) is 1.53. The highest BCUT2D eigenvalue weighted by atomic mass is 127. The lowest BCUT2D eigenvalue weighted by Gasteiger charge is -2.19. The summed E-state index contributed by atoms with van der Waals surface area (Å²) in [6, 6.07) is 8.19. The van der Waals surface area contributed by atoms with Crippen LogP contribution in [-0.4, -0.2) is 38.0 Å². The number of benzene rings is 1. The Balaban J connectivity index is 0.00000200. The highest BCUT2D eigenvalue weighted by Gasteiger charge is 2.44. The Labute approximate surface area is 143 Å². The molecule has 2 rings (SSSR count). The Kier molecular flexibility index (Phi) is 6.58. The van der Waals surface area contributed by atoms with Crippen LogP contribution < -0.4 is 5.32 Å². The molecule has 1 aliphatic rings. The van der Waals surface area contributed by atoms with Crippen molar-refractivity contribution in [1.29, 1.82) is 0 Å². The van der Waals surface area contributed by atoms with Crippen LogP contribution in [0.15, 0.2) is 29.3 Å². The van der Waals surface area contributed by atoms with Gasteiger partial charge in [0.25, 0.3) is 0 Å². The standard InChI is InChI=1S/C15H22ClN3.HI/c1-4-17-14(19(2)3)18-11-15(8-9-15)12-6-5-7-13(16)10-12;/h5-7,10H,4,8-9,11H2,1-3H3,(H,17,18);1H. The average Bonchev–Trinajstić information content (AvgIpc) is 3.15. The fraction of sp³-hybridized carbons (Fsp3) is 0.533. The van der Waals surface area contributed by atoms with Gasteiger partial charge in [0, 0.05) is 31.1 Å². The van der Waals surface area contributed by atoms with Gasteiger partial charge in [0.1, 0.15) is 0 Å². The van der Waals surface area contributed by atoms with E-state index in [0.717, 1.165) is 24.1 Å². The van der Waals surface area contributed by atoms with Crippen LogP contribution in [0.2, 0.25) is 5.02 Å². The van der Waals surface area contributed by atoms with Gasteiger partial charge in [-0.2, -0.15) is 0 Å². The maximum Gasteiger partial charge on any atom is 0.193 e. The number of nitrogens with zero attached hydrogens (tertiary/aromatic N) is 2. The molecule has 1 saturated carbocycles. The van der Waals surface area contributed by atoms with Crippen LogP contribution in [0.25, 0.3) is 0 Å². The van der Waals surface area contributed by atoms with Crippen molar-refractivity contribution >= 4 is 41.5 Å². The Morgan fingerprint density at radius 3 is 2.60 bits per heavy atom. The van der Waals surface area contributed by atoms with Crippen LogP contribution >= 0.6 is 35.6 Å². The van der Waals surface area contributed by atoms with E-state index < -0.39 is 0 Å². The smallest absolute Gasteiger partial charge is 0.193 e. The third kappa shape index (κ3) is 4.25. The number of hydrogen-bond acceptors (Lipinski definition) is 1. The number of rotatable bonds is 4. The van der Waals surface area contributed by atoms with Crippen LogP contribution in [0.3, 0.4) is 0 Å². The van der Waals surface area contributed by atoms with E-state index in [4.69, 9.17) is 16.6 Å². The van der Waals surface area contributed by atoms with Crippen LogP contribution in [0.5, 0.6) is 0 Å². The fourth-order valence-corrected chi connectivity index (χ4v) is 2.44. The lowest BCUT2D eigenvalue weighted by molar-refractivity contribution is 0.575. The van der Waals surface area contributed by atoms with Crippen molar-refractivity contribution in [2.45, 2.75) is 25.2 Å². The van der Waals surface area contributed by atoms with E-state index in [-0.39, 0.29) is 29.4 Å². The summed E-state index contributed by atoms with van der Waals surface area (Å²) in [4.78, 5) is 6.77. The lowest BCUT2D eigenvalue weighted by atomic mass is 9.96. The number of hydrogen-bond donors (Lipinski definition) is 1. The van der Waals surface area contributed by atoms with Gasteiger partial charge in [-0.05, 0) is 37.5 Å². The van der Waals surface area contributed by atoms with Gasteiger partial charge in [0.2, 0.25) is 0 Å². The number of halogens is 2. The van der Waals surface area contributed by atoms with Gasteiger partial charge in [-0.25, -0.2) is 0 Å². The van der Waals surface area contributed by atoms with E-state index in [0.29, 0.717) is 0 Å². The van der Waals surface area contributed by atoms with Gasteiger partial charge in [0.15, 0.2) is 5.96 Å². The first-order valence-electron chi connectivity index (χ1n) is 6.79. The summed E-state index contributed by atoms with van der Waals surface area (Å²) >= 11 is 6.09. The number of aliphatic imine (C=N–C) groups is 1. The van der Waals surface area contributed by atoms with E-state index >= 15 is 0 Å². The summed E-state index contributed by atoms with van der Waals surface area (Å²) in [5, 5.41) is 4.11. The molecule has 1 aromatic rings. The monoisotopic (exact) mass is 407 g/mol. The van der Waals surface area contributed by atoms with Crippen molar-refractivity contribution in [3.8, 4) is 0 Å². The molecule has 3 nitrogen and oxygen atoms in total. The molecule has 0 spiro atoms. The molecule has 1 N–H and O–H groups in total. The normalized spacial score (nSPS) is 16.3. The van der Waals surface area contributed by atoms with Gasteiger partial charge in [0.05, 0.1) is 6.54 Å². The van der Waals surface area contributed by atoms with Crippen molar-refractivity contribution in [2.75, 3.05) is 27.2 Å². The highest BCUT2D eigenvalue weighted by Crippen LogP contribution is 2.48. The molecule has 1 aromatic carbocycles. The zero-order valence-electron chi connectivity index (χ0n) is 12.3. The largest absolute Gasteiger partial charge is 0.357 e. The topological polar surface area (TPSA) is 27.6 Å². The molecule has 0 aliphatic heterocycles. The molecule has 1 fully saturated rings. The minimum Gasteiger partial charge on any atom is -0.357 e. The van der Waals surface area contributed by atoms with Crippen molar-refractivity contribution in [3.63, 3.8) is 0 Å². The Hall–Kier alpha value is -0.490. The molecule has 0 bridgehead atoms. The molecule has 0 amide bonds. The van der Waals surface area contributed by atoms with Gasteiger partial charge in [-0.15, -0.1) is 24.0 Å². The predicted octanol–water partition coefficient (Wildman–Crippen LogP) is 3.52. The molecule has 0 unspecified atom stereocenters. The average molecular weight is 408 g/mol. The molecular weight excluding hydrogens is 385 g/mol. The van der Waals surface area contributed by atoms with E-state index in [1.165, 1.54) is 18.4 Å². The van der Waals surface area contributed by atoms with Crippen LogP contribution in [-0.2, 0) is 5.41 Å². The van der Waals surface area contributed by atoms with E-state index in [9.17, 15) is 0 Å². The van der Waals surface area contributed by atoms with Crippen LogP contribution in [0.1, 0.15) is 25.3 Å². The molecule has 0 radical (unpaired) electrons. The van der Waals surface area contributed by atoms with Gasteiger partial charge >= 0.3 is 0 Å². The molecule has 20 heavy (non-hydrogen) atoms. The highest BCUT2D eigenvalue weighted by molar-refractivity contribution is 14.0. The molecule has 0 aromatic heterocycles. The molecule has 0 saturated heterocycles. The van der Waals surface area contributed by atoms with Crippen molar-refractivity contribution in [3.05, 3.63) is 34.9 Å². The van der Waals surface area contributed by atoms with E-state index in [1.54, 1.807) is 0 Å². The van der Waals surface area contributed by atoms with E-state index in [2.05, 4.69) is 24.4 Å².